The number of hydrogen-bond acceptors (Lipinski definition) is 3. The predicted octanol–water partition coefficient (Wildman–Crippen LogP) is 3.51. The number of fused-ring (bicyclic) bond motifs is 1. The quantitative estimate of drug-likeness (QED) is 0.784. The minimum absolute atomic E-state index is 0.0935. The monoisotopic (exact) mass is 307 g/mol. The lowest BCUT2D eigenvalue weighted by Crippen LogP contribution is -2.13. The van der Waals surface area contributed by atoms with E-state index >= 15 is 0 Å². The van der Waals surface area contributed by atoms with Crippen LogP contribution < -0.4 is 0 Å². The van der Waals surface area contributed by atoms with Gasteiger partial charge in [-0.1, -0.05) is 30.3 Å². The van der Waals surface area contributed by atoms with Crippen molar-refractivity contribution in [3.63, 3.8) is 0 Å². The summed E-state index contributed by atoms with van der Waals surface area (Å²) in [5.41, 5.74) is 1.97. The number of ketones is 1. The largest absolute Gasteiger partial charge is 0.340 e. The second kappa shape index (κ2) is 6.41. The molecule has 1 aromatic heterocycles. The molecule has 0 saturated heterocycles. The molecule has 0 aliphatic rings. The summed E-state index contributed by atoms with van der Waals surface area (Å²) in [6.07, 6.45) is 0.361. The highest BCUT2D eigenvalue weighted by atomic mass is 19.1. The molecule has 2 aromatic carbocycles. The fourth-order valence-electron chi connectivity index (χ4n) is 2.50. The zero-order valence-electron chi connectivity index (χ0n) is 12.3. The van der Waals surface area contributed by atoms with Crippen LogP contribution in [0.2, 0.25) is 0 Å². The number of hydrogen-bond donors (Lipinski definition) is 1. The molecule has 1 N–H and O–H groups in total. The van der Waals surface area contributed by atoms with Gasteiger partial charge in [-0.05, 0) is 30.2 Å². The van der Waals surface area contributed by atoms with Gasteiger partial charge >= 0.3 is 0 Å². The summed E-state index contributed by atoms with van der Waals surface area (Å²) in [5, 5.41) is 9.32. The first-order chi connectivity index (χ1) is 11.2. The summed E-state index contributed by atoms with van der Waals surface area (Å²) in [6.45, 7) is 0. The summed E-state index contributed by atoms with van der Waals surface area (Å²) in [5.74, 6) is -1.23. The van der Waals surface area contributed by atoms with Gasteiger partial charge in [-0.25, -0.2) is 9.37 Å². The minimum atomic E-state index is -0.964. The van der Waals surface area contributed by atoms with Crippen LogP contribution in [0.25, 0.3) is 11.0 Å². The Kier molecular flexibility index (Phi) is 4.15. The van der Waals surface area contributed by atoms with Gasteiger partial charge in [0.1, 0.15) is 11.6 Å². The van der Waals surface area contributed by atoms with Crippen LogP contribution in [-0.4, -0.2) is 15.8 Å². The number of imidazole rings is 1. The molecule has 114 valence electrons. The van der Waals surface area contributed by atoms with E-state index in [2.05, 4.69) is 9.97 Å². The van der Waals surface area contributed by atoms with E-state index < -0.39 is 5.92 Å². The van der Waals surface area contributed by atoms with Crippen molar-refractivity contribution in [1.29, 1.82) is 5.26 Å². The van der Waals surface area contributed by atoms with Crippen molar-refractivity contribution >= 4 is 16.8 Å². The van der Waals surface area contributed by atoms with Crippen LogP contribution in [0, 0.1) is 17.1 Å². The van der Waals surface area contributed by atoms with E-state index in [1.807, 2.05) is 30.3 Å². The Hall–Kier alpha value is -3.00. The number of rotatable bonds is 5. The average molecular weight is 307 g/mol. The zero-order chi connectivity index (χ0) is 16.2. The van der Waals surface area contributed by atoms with Crippen molar-refractivity contribution < 1.29 is 9.18 Å². The maximum Gasteiger partial charge on any atom is 0.162 e. The lowest BCUT2D eigenvalue weighted by atomic mass is 9.98. The van der Waals surface area contributed by atoms with Crippen LogP contribution in [0.1, 0.15) is 23.7 Å². The molecular formula is C18H14FN3O. The number of H-pyrrole nitrogens is 1. The summed E-state index contributed by atoms with van der Waals surface area (Å²) in [4.78, 5) is 19.6. The molecule has 0 radical (unpaired) electrons. The lowest BCUT2D eigenvalue weighted by molar-refractivity contribution is -0.119. The van der Waals surface area contributed by atoms with Crippen LogP contribution in [0.15, 0.2) is 48.5 Å². The molecule has 23 heavy (non-hydrogen) atoms. The fourth-order valence-corrected chi connectivity index (χ4v) is 2.50. The zero-order valence-corrected chi connectivity index (χ0v) is 12.3. The number of halogens is 1. The Labute approximate surface area is 132 Å². The highest BCUT2D eigenvalue weighted by Crippen LogP contribution is 2.20. The van der Waals surface area contributed by atoms with E-state index in [0.29, 0.717) is 16.9 Å². The Balaban J connectivity index is 1.76. The molecule has 0 aliphatic heterocycles. The summed E-state index contributed by atoms with van der Waals surface area (Å²) in [7, 11) is 0. The van der Waals surface area contributed by atoms with E-state index in [1.165, 1.54) is 6.07 Å². The number of benzene rings is 2. The Morgan fingerprint density at radius 1 is 1.22 bits per heavy atom. The smallest absolute Gasteiger partial charge is 0.162 e. The highest BCUT2D eigenvalue weighted by Gasteiger charge is 2.23. The molecule has 0 fully saturated rings. The standard InChI is InChI=1S/C18H14FN3O/c19-14-6-2-1-5-12(14)9-10-17(23)13(11-20)18-21-15-7-3-4-8-16(15)22-18/h1-8,13H,9-10H2,(H,21,22)/t13-/m0/s1. The van der Waals surface area contributed by atoms with Crippen molar-refractivity contribution in [1.82, 2.24) is 9.97 Å². The maximum atomic E-state index is 13.6. The topological polar surface area (TPSA) is 69.5 Å². The molecule has 0 spiro atoms. The molecule has 0 unspecified atom stereocenters. The molecular weight excluding hydrogens is 293 g/mol. The fraction of sp³-hybridized carbons (Fsp3) is 0.167. The molecule has 3 rings (SSSR count). The highest BCUT2D eigenvalue weighted by molar-refractivity contribution is 5.88. The summed E-state index contributed by atoms with van der Waals surface area (Å²) >= 11 is 0. The van der Waals surface area contributed by atoms with E-state index in [0.717, 1.165) is 5.52 Å². The molecule has 5 heteroatoms. The lowest BCUT2D eigenvalue weighted by Gasteiger charge is -2.06. The normalized spacial score (nSPS) is 12.0. The minimum Gasteiger partial charge on any atom is -0.340 e. The van der Waals surface area contributed by atoms with Crippen molar-refractivity contribution in [3.8, 4) is 6.07 Å². The van der Waals surface area contributed by atoms with Crippen molar-refractivity contribution in [2.24, 2.45) is 0 Å². The first kappa shape index (κ1) is 14.9. The number of aromatic amines is 1. The average Bonchev–Trinajstić information content (AvgIpc) is 2.98. The second-order valence-corrected chi connectivity index (χ2v) is 5.26. The number of carbonyl (C=O) groups excluding carboxylic acids is 1. The van der Waals surface area contributed by atoms with Crippen LogP contribution in [0.4, 0.5) is 4.39 Å². The van der Waals surface area contributed by atoms with Gasteiger partial charge < -0.3 is 4.98 Å². The molecule has 0 amide bonds. The first-order valence-corrected chi connectivity index (χ1v) is 7.29. The van der Waals surface area contributed by atoms with Gasteiger partial charge in [0.2, 0.25) is 0 Å². The van der Waals surface area contributed by atoms with Gasteiger partial charge in [0, 0.05) is 6.42 Å². The third-order valence-electron chi connectivity index (χ3n) is 3.73. The van der Waals surface area contributed by atoms with Gasteiger partial charge in [-0.2, -0.15) is 5.26 Å². The van der Waals surface area contributed by atoms with Gasteiger partial charge in [0.05, 0.1) is 17.1 Å². The number of aromatic nitrogens is 2. The maximum absolute atomic E-state index is 13.6. The summed E-state index contributed by atoms with van der Waals surface area (Å²) < 4.78 is 13.6. The van der Waals surface area contributed by atoms with Crippen molar-refractivity contribution in [2.45, 2.75) is 18.8 Å². The number of para-hydroxylation sites is 2. The van der Waals surface area contributed by atoms with E-state index in [9.17, 15) is 14.4 Å². The van der Waals surface area contributed by atoms with Crippen LogP contribution in [-0.2, 0) is 11.2 Å². The number of nitriles is 1. The number of nitrogens with zero attached hydrogens (tertiary/aromatic N) is 2. The summed E-state index contributed by atoms with van der Waals surface area (Å²) in [6, 6.07) is 15.7. The predicted molar refractivity (Wildman–Crippen MR) is 84.2 cm³/mol. The van der Waals surface area contributed by atoms with Crippen molar-refractivity contribution in [2.75, 3.05) is 0 Å². The molecule has 1 heterocycles. The second-order valence-electron chi connectivity index (χ2n) is 5.26. The van der Waals surface area contributed by atoms with Crippen molar-refractivity contribution in [3.05, 3.63) is 65.7 Å². The number of Topliss-reactive ketones (excluding diaryl/α,β-unsaturated/α-hetero) is 1. The van der Waals surface area contributed by atoms with E-state index in [1.54, 1.807) is 18.2 Å². The first-order valence-electron chi connectivity index (χ1n) is 7.29. The van der Waals surface area contributed by atoms with Gasteiger partial charge in [0.15, 0.2) is 11.7 Å². The number of aryl methyl sites for hydroxylation is 1. The van der Waals surface area contributed by atoms with Gasteiger partial charge in [0.25, 0.3) is 0 Å². The molecule has 0 bridgehead atoms. The molecule has 0 saturated carbocycles. The molecule has 4 nitrogen and oxygen atoms in total. The number of carbonyl (C=O) groups is 1. The molecule has 0 aliphatic carbocycles. The Morgan fingerprint density at radius 2 is 1.96 bits per heavy atom. The Morgan fingerprint density at radius 3 is 2.70 bits per heavy atom. The van der Waals surface area contributed by atoms with Crippen LogP contribution in [0.5, 0.6) is 0 Å². The van der Waals surface area contributed by atoms with E-state index in [4.69, 9.17) is 0 Å². The Bertz CT molecular complexity index is 861. The SMILES string of the molecule is N#C[C@@H](C(=O)CCc1ccccc1F)c1nc2ccccc2[nH]1. The third kappa shape index (κ3) is 3.11. The van der Waals surface area contributed by atoms with Gasteiger partial charge in [-0.15, -0.1) is 0 Å². The molecule has 3 aromatic rings. The van der Waals surface area contributed by atoms with Gasteiger partial charge in [-0.3, -0.25) is 4.79 Å². The van der Waals surface area contributed by atoms with E-state index in [-0.39, 0.29) is 24.4 Å². The third-order valence-corrected chi connectivity index (χ3v) is 3.73. The molecule has 1 atom stereocenters. The number of nitrogens with one attached hydrogen (secondary N) is 1. The van der Waals surface area contributed by atoms with Crippen LogP contribution >= 0.6 is 0 Å². The van der Waals surface area contributed by atoms with Crippen LogP contribution in [0.3, 0.4) is 0 Å².